The van der Waals surface area contributed by atoms with Crippen molar-refractivity contribution in [2.45, 2.75) is 5.75 Å². The Morgan fingerprint density at radius 3 is 2.30 bits per heavy atom. The van der Waals surface area contributed by atoms with Crippen molar-refractivity contribution in [1.82, 2.24) is 0 Å². The first-order chi connectivity index (χ1) is 9.70. The van der Waals surface area contributed by atoms with Gasteiger partial charge in [-0.3, -0.25) is 0 Å². The lowest BCUT2D eigenvalue weighted by Crippen LogP contribution is -2.00. The number of carbonyl (C=O) groups excluding carboxylic acids is 1. The molecule has 2 aromatic rings. The van der Waals surface area contributed by atoms with E-state index in [0.29, 0.717) is 5.56 Å². The molecule has 0 N–H and O–H groups in total. The number of hydrogen-bond donors (Lipinski definition) is 0. The first-order valence-electron chi connectivity index (χ1n) is 6.10. The topological polar surface area (TPSA) is 26.3 Å². The Hall–Kier alpha value is -1.65. The van der Waals surface area contributed by atoms with Crippen LogP contribution >= 0.6 is 24.0 Å². The maximum atomic E-state index is 11.3. The molecule has 0 atom stereocenters. The van der Waals surface area contributed by atoms with Gasteiger partial charge in [-0.15, -0.1) is 11.8 Å². The molecule has 4 heteroatoms. The molecule has 0 aromatic heterocycles. The molecule has 0 radical (unpaired) electrons. The molecule has 0 spiro atoms. The summed E-state index contributed by atoms with van der Waals surface area (Å²) >= 11 is 7.01. The predicted molar refractivity (Wildman–Crippen MR) is 87.2 cm³/mol. The number of esters is 1. The van der Waals surface area contributed by atoms with Crippen molar-refractivity contribution in [3.05, 3.63) is 71.3 Å². The van der Waals surface area contributed by atoms with Gasteiger partial charge in [0, 0.05) is 5.75 Å². The van der Waals surface area contributed by atoms with Crippen LogP contribution in [0.1, 0.15) is 21.5 Å². The van der Waals surface area contributed by atoms with Gasteiger partial charge in [-0.05, 0) is 23.3 Å². The van der Waals surface area contributed by atoms with Crippen LogP contribution in [-0.2, 0) is 10.5 Å². The van der Waals surface area contributed by atoms with Crippen LogP contribution in [0.25, 0.3) is 0 Å². The van der Waals surface area contributed by atoms with Gasteiger partial charge in [-0.25, -0.2) is 4.79 Å². The third-order valence-electron chi connectivity index (χ3n) is 2.75. The third kappa shape index (κ3) is 3.92. The lowest BCUT2D eigenvalue weighted by Gasteiger charge is -2.05. The monoisotopic (exact) mass is 302 g/mol. The number of carbonyl (C=O) groups is 1. The van der Waals surface area contributed by atoms with Gasteiger partial charge in [0.1, 0.15) is 0 Å². The molecule has 20 heavy (non-hydrogen) atoms. The average molecular weight is 302 g/mol. The van der Waals surface area contributed by atoms with Crippen molar-refractivity contribution in [3.8, 4) is 0 Å². The minimum absolute atomic E-state index is 0.316. The van der Waals surface area contributed by atoms with Crippen LogP contribution in [0.15, 0.2) is 54.6 Å². The van der Waals surface area contributed by atoms with E-state index in [1.807, 2.05) is 42.5 Å². The molecule has 0 unspecified atom stereocenters. The van der Waals surface area contributed by atoms with E-state index >= 15 is 0 Å². The number of thioether (sulfide) groups is 1. The lowest BCUT2D eigenvalue weighted by atomic mass is 10.1. The molecule has 0 heterocycles. The molecule has 0 fully saturated rings. The zero-order valence-electron chi connectivity index (χ0n) is 11.0. The van der Waals surface area contributed by atoms with Gasteiger partial charge < -0.3 is 4.74 Å². The van der Waals surface area contributed by atoms with Crippen LogP contribution in [0.4, 0.5) is 0 Å². The fraction of sp³-hybridized carbons (Fsp3) is 0.125. The number of rotatable bonds is 4. The predicted octanol–water partition coefficient (Wildman–Crippen LogP) is 4.08. The summed E-state index contributed by atoms with van der Waals surface area (Å²) < 4.78 is 5.54. The molecule has 0 bridgehead atoms. The second-order valence-corrected chi connectivity index (χ2v) is 5.78. The van der Waals surface area contributed by atoms with Crippen LogP contribution < -0.4 is 0 Å². The van der Waals surface area contributed by atoms with Crippen LogP contribution in [-0.4, -0.2) is 17.3 Å². The molecule has 0 aliphatic heterocycles. The minimum atomic E-state index is -0.316. The highest BCUT2D eigenvalue weighted by Crippen LogP contribution is 2.19. The van der Waals surface area contributed by atoms with Gasteiger partial charge in [0.25, 0.3) is 0 Å². The van der Waals surface area contributed by atoms with E-state index in [1.54, 1.807) is 23.9 Å². The second kappa shape index (κ2) is 7.22. The quantitative estimate of drug-likeness (QED) is 0.628. The smallest absolute Gasteiger partial charge is 0.337 e. The number of thiocarbonyl (C=S) groups is 1. The van der Waals surface area contributed by atoms with Crippen molar-refractivity contribution in [2.24, 2.45) is 0 Å². The average Bonchev–Trinajstić information content (AvgIpc) is 2.53. The maximum absolute atomic E-state index is 11.3. The summed E-state index contributed by atoms with van der Waals surface area (Å²) in [5.41, 5.74) is 2.76. The first-order valence-corrected chi connectivity index (χ1v) is 7.49. The normalized spacial score (nSPS) is 10.1. The zero-order chi connectivity index (χ0) is 14.4. The van der Waals surface area contributed by atoms with Crippen molar-refractivity contribution in [2.75, 3.05) is 7.11 Å². The molecular weight excluding hydrogens is 288 g/mol. The fourth-order valence-corrected chi connectivity index (χ4v) is 2.77. The second-order valence-electron chi connectivity index (χ2n) is 4.13. The van der Waals surface area contributed by atoms with E-state index in [-0.39, 0.29) is 5.97 Å². The Balaban J connectivity index is 1.94. The molecule has 102 valence electrons. The van der Waals surface area contributed by atoms with E-state index in [4.69, 9.17) is 12.2 Å². The van der Waals surface area contributed by atoms with Crippen molar-refractivity contribution >= 4 is 34.1 Å². The Morgan fingerprint density at radius 2 is 1.70 bits per heavy atom. The van der Waals surface area contributed by atoms with Gasteiger partial charge in [0.2, 0.25) is 0 Å². The van der Waals surface area contributed by atoms with Crippen molar-refractivity contribution < 1.29 is 9.53 Å². The molecule has 0 saturated heterocycles. The Labute approximate surface area is 128 Å². The summed E-state index contributed by atoms with van der Waals surface area (Å²) in [6.07, 6.45) is 0. The van der Waals surface area contributed by atoms with Gasteiger partial charge in [0.15, 0.2) is 0 Å². The Kier molecular flexibility index (Phi) is 5.32. The van der Waals surface area contributed by atoms with Gasteiger partial charge in [-0.2, -0.15) is 0 Å². The molecule has 0 amide bonds. The fourth-order valence-electron chi connectivity index (χ4n) is 1.66. The van der Waals surface area contributed by atoms with Gasteiger partial charge >= 0.3 is 5.97 Å². The third-order valence-corrected chi connectivity index (χ3v) is 4.32. The standard InChI is InChI=1S/C16H14O2S2/c1-18-15(17)13-9-7-12(8-10-13)11-20-16(19)14-5-3-2-4-6-14/h2-10H,11H2,1H3. The van der Waals surface area contributed by atoms with E-state index in [0.717, 1.165) is 21.1 Å². The summed E-state index contributed by atoms with van der Waals surface area (Å²) in [5.74, 6) is 0.471. The molecule has 2 aromatic carbocycles. The molecule has 2 rings (SSSR count). The molecule has 0 saturated carbocycles. The summed E-state index contributed by atoms with van der Waals surface area (Å²) in [5, 5.41) is 0. The largest absolute Gasteiger partial charge is 0.465 e. The Bertz CT molecular complexity index is 592. The number of hydrogen-bond acceptors (Lipinski definition) is 4. The van der Waals surface area contributed by atoms with E-state index < -0.39 is 0 Å². The van der Waals surface area contributed by atoms with E-state index in [2.05, 4.69) is 4.74 Å². The molecular formula is C16H14O2S2. The summed E-state index contributed by atoms with van der Waals surface area (Å²) in [7, 11) is 1.38. The maximum Gasteiger partial charge on any atom is 0.337 e. The highest BCUT2D eigenvalue weighted by molar-refractivity contribution is 8.23. The Morgan fingerprint density at radius 1 is 1.05 bits per heavy atom. The van der Waals surface area contributed by atoms with Crippen LogP contribution in [0.2, 0.25) is 0 Å². The van der Waals surface area contributed by atoms with Gasteiger partial charge in [0.05, 0.1) is 16.9 Å². The SMILES string of the molecule is COC(=O)c1ccc(CSC(=S)c2ccccc2)cc1. The molecule has 2 nitrogen and oxygen atoms in total. The highest BCUT2D eigenvalue weighted by atomic mass is 32.2. The summed E-state index contributed by atoms with van der Waals surface area (Å²) in [4.78, 5) is 11.3. The van der Waals surface area contributed by atoms with Crippen LogP contribution in [0, 0.1) is 0 Å². The molecule has 0 aliphatic carbocycles. The summed E-state index contributed by atoms with van der Waals surface area (Å²) in [6.45, 7) is 0. The number of benzene rings is 2. The van der Waals surface area contributed by atoms with Crippen molar-refractivity contribution in [3.63, 3.8) is 0 Å². The van der Waals surface area contributed by atoms with E-state index in [9.17, 15) is 4.79 Å². The van der Waals surface area contributed by atoms with Crippen molar-refractivity contribution in [1.29, 1.82) is 0 Å². The van der Waals surface area contributed by atoms with E-state index in [1.165, 1.54) is 7.11 Å². The number of methoxy groups -OCH3 is 1. The zero-order valence-corrected chi connectivity index (χ0v) is 12.7. The minimum Gasteiger partial charge on any atom is -0.465 e. The highest BCUT2D eigenvalue weighted by Gasteiger charge is 2.05. The first kappa shape index (κ1) is 14.8. The van der Waals surface area contributed by atoms with Crippen LogP contribution in [0.5, 0.6) is 0 Å². The summed E-state index contributed by atoms with van der Waals surface area (Å²) in [6, 6.07) is 17.3. The van der Waals surface area contributed by atoms with Gasteiger partial charge in [-0.1, -0.05) is 54.7 Å². The number of ether oxygens (including phenoxy) is 1. The lowest BCUT2D eigenvalue weighted by molar-refractivity contribution is 0.0600. The van der Waals surface area contributed by atoms with Crippen LogP contribution in [0.3, 0.4) is 0 Å². The molecule has 0 aliphatic rings.